The van der Waals surface area contributed by atoms with Crippen molar-refractivity contribution < 1.29 is 14.4 Å². The lowest BCUT2D eigenvalue weighted by atomic mass is 9.59. The molecule has 4 rings (SSSR count). The third-order valence-corrected chi connectivity index (χ3v) is 6.54. The molecule has 1 spiro atoms. The Bertz CT molecular complexity index is 695. The summed E-state index contributed by atoms with van der Waals surface area (Å²) in [5, 5.41) is 8.77. The maximum absolute atomic E-state index is 14.6. The molecule has 2 aliphatic heterocycles. The smallest absolute Gasteiger partial charge is 0.274 e. The largest absolute Gasteiger partial charge is 0.306 e. The average molecular weight is 347 g/mol. The molecule has 1 amide bonds. The van der Waals surface area contributed by atoms with Gasteiger partial charge in [0.15, 0.2) is 0 Å². The SMILES string of the molecule is CN1CCC[C@@]2(CC[C@H]2N2CCc3cc(C(=O)NO)cc(F)c3C2)C1. The van der Waals surface area contributed by atoms with Crippen LogP contribution in [0.3, 0.4) is 0 Å². The van der Waals surface area contributed by atoms with E-state index in [4.69, 9.17) is 5.21 Å². The fourth-order valence-electron chi connectivity index (χ4n) is 5.23. The number of carbonyl (C=O) groups excluding carboxylic acids is 1. The van der Waals surface area contributed by atoms with Crippen LogP contribution in [0, 0.1) is 11.2 Å². The molecule has 0 aromatic heterocycles. The van der Waals surface area contributed by atoms with Crippen molar-refractivity contribution in [1.82, 2.24) is 15.3 Å². The molecule has 1 saturated heterocycles. The van der Waals surface area contributed by atoms with Gasteiger partial charge in [-0.05, 0) is 68.8 Å². The maximum Gasteiger partial charge on any atom is 0.274 e. The van der Waals surface area contributed by atoms with Gasteiger partial charge in [0.1, 0.15) is 5.82 Å². The van der Waals surface area contributed by atoms with Gasteiger partial charge in [0.25, 0.3) is 5.91 Å². The zero-order valence-electron chi connectivity index (χ0n) is 14.7. The van der Waals surface area contributed by atoms with Crippen molar-refractivity contribution in [2.24, 2.45) is 5.41 Å². The number of rotatable bonds is 2. The van der Waals surface area contributed by atoms with E-state index in [9.17, 15) is 9.18 Å². The predicted molar refractivity (Wildman–Crippen MR) is 92.0 cm³/mol. The van der Waals surface area contributed by atoms with Crippen LogP contribution in [0.5, 0.6) is 0 Å². The Labute approximate surface area is 147 Å². The molecule has 1 saturated carbocycles. The van der Waals surface area contributed by atoms with Crippen LogP contribution in [-0.2, 0) is 13.0 Å². The molecule has 2 fully saturated rings. The third kappa shape index (κ3) is 2.86. The molecule has 1 aliphatic carbocycles. The molecule has 0 radical (unpaired) electrons. The molecule has 2 heterocycles. The van der Waals surface area contributed by atoms with Crippen molar-refractivity contribution in [3.63, 3.8) is 0 Å². The summed E-state index contributed by atoms with van der Waals surface area (Å²) in [7, 11) is 2.20. The highest BCUT2D eigenvalue weighted by Crippen LogP contribution is 2.50. The summed E-state index contributed by atoms with van der Waals surface area (Å²) < 4.78 is 14.6. The number of nitrogens with one attached hydrogen (secondary N) is 1. The number of hydrogen-bond acceptors (Lipinski definition) is 4. The first kappa shape index (κ1) is 16.9. The lowest BCUT2D eigenvalue weighted by molar-refractivity contribution is -0.0753. The number of carbonyl (C=O) groups is 1. The van der Waals surface area contributed by atoms with E-state index < -0.39 is 5.91 Å². The van der Waals surface area contributed by atoms with Crippen molar-refractivity contribution in [1.29, 1.82) is 0 Å². The molecule has 1 aromatic carbocycles. The van der Waals surface area contributed by atoms with Gasteiger partial charge < -0.3 is 4.90 Å². The molecule has 1 aromatic rings. The first-order valence-electron chi connectivity index (χ1n) is 9.21. The molecule has 0 bridgehead atoms. The van der Waals surface area contributed by atoms with Gasteiger partial charge in [-0.15, -0.1) is 0 Å². The molecule has 3 aliphatic rings. The highest BCUT2D eigenvalue weighted by molar-refractivity contribution is 5.93. The predicted octanol–water partition coefficient (Wildman–Crippen LogP) is 2.18. The summed E-state index contributed by atoms with van der Waals surface area (Å²) in [4.78, 5) is 16.5. The Morgan fingerprint density at radius 3 is 2.88 bits per heavy atom. The molecule has 6 heteroatoms. The van der Waals surface area contributed by atoms with Gasteiger partial charge in [-0.1, -0.05) is 0 Å². The molecule has 25 heavy (non-hydrogen) atoms. The molecular formula is C19H26FN3O2. The van der Waals surface area contributed by atoms with Gasteiger partial charge in [0, 0.05) is 36.8 Å². The second kappa shape index (κ2) is 6.34. The highest BCUT2D eigenvalue weighted by Gasteiger charge is 2.51. The lowest BCUT2D eigenvalue weighted by Crippen LogP contribution is -2.61. The molecule has 5 nitrogen and oxygen atoms in total. The van der Waals surface area contributed by atoms with Crippen LogP contribution in [0.1, 0.15) is 47.2 Å². The first-order valence-corrected chi connectivity index (χ1v) is 9.21. The minimum absolute atomic E-state index is 0.182. The lowest BCUT2D eigenvalue weighted by Gasteiger charge is -2.58. The van der Waals surface area contributed by atoms with E-state index in [0.717, 1.165) is 25.1 Å². The summed E-state index contributed by atoms with van der Waals surface area (Å²) in [5.41, 5.74) is 3.76. The van der Waals surface area contributed by atoms with Crippen LogP contribution < -0.4 is 5.48 Å². The van der Waals surface area contributed by atoms with Crippen molar-refractivity contribution in [3.05, 3.63) is 34.6 Å². The zero-order valence-corrected chi connectivity index (χ0v) is 14.7. The topological polar surface area (TPSA) is 55.8 Å². The minimum atomic E-state index is -0.660. The Morgan fingerprint density at radius 1 is 1.36 bits per heavy atom. The number of benzene rings is 1. The summed E-state index contributed by atoms with van der Waals surface area (Å²) in [5.74, 6) is -0.998. The van der Waals surface area contributed by atoms with Gasteiger partial charge >= 0.3 is 0 Å². The number of hydrogen-bond donors (Lipinski definition) is 2. The first-order chi connectivity index (χ1) is 12.0. The molecule has 136 valence electrons. The van der Waals surface area contributed by atoms with Gasteiger partial charge in [-0.3, -0.25) is 14.9 Å². The van der Waals surface area contributed by atoms with Crippen LogP contribution >= 0.6 is 0 Å². The second-order valence-electron chi connectivity index (χ2n) is 8.02. The fraction of sp³-hybridized carbons (Fsp3) is 0.632. The second-order valence-corrected chi connectivity index (χ2v) is 8.02. The summed E-state index contributed by atoms with van der Waals surface area (Å²) >= 11 is 0. The molecule has 2 atom stereocenters. The number of likely N-dealkylation sites (tertiary alicyclic amines) is 1. The van der Waals surface area contributed by atoms with E-state index in [-0.39, 0.29) is 11.4 Å². The number of hydroxylamine groups is 1. The van der Waals surface area contributed by atoms with Crippen molar-refractivity contribution in [2.45, 2.75) is 44.7 Å². The van der Waals surface area contributed by atoms with Crippen molar-refractivity contribution in [2.75, 3.05) is 26.7 Å². The number of nitrogens with zero attached hydrogens (tertiary/aromatic N) is 2. The van der Waals surface area contributed by atoms with Gasteiger partial charge in [0.2, 0.25) is 0 Å². The molecular weight excluding hydrogens is 321 g/mol. The number of piperidine rings is 1. The van der Waals surface area contributed by atoms with E-state index in [1.165, 1.54) is 38.3 Å². The van der Waals surface area contributed by atoms with Gasteiger partial charge in [-0.25, -0.2) is 9.87 Å². The maximum atomic E-state index is 14.6. The van der Waals surface area contributed by atoms with Gasteiger partial charge in [-0.2, -0.15) is 0 Å². The summed E-state index contributed by atoms with van der Waals surface area (Å²) in [6.07, 6.45) is 5.77. The van der Waals surface area contributed by atoms with E-state index in [1.54, 1.807) is 11.5 Å². The monoisotopic (exact) mass is 347 g/mol. The molecule has 2 N–H and O–H groups in total. The zero-order chi connectivity index (χ0) is 17.6. The van der Waals surface area contributed by atoms with E-state index >= 15 is 0 Å². The Kier molecular flexibility index (Phi) is 4.30. The van der Waals surface area contributed by atoms with Crippen LogP contribution in [0.2, 0.25) is 0 Å². The summed E-state index contributed by atoms with van der Waals surface area (Å²) in [6, 6.07) is 3.49. The summed E-state index contributed by atoms with van der Waals surface area (Å²) in [6.45, 7) is 3.87. The van der Waals surface area contributed by atoms with Crippen molar-refractivity contribution in [3.8, 4) is 0 Å². The van der Waals surface area contributed by atoms with Crippen LogP contribution in [0.4, 0.5) is 4.39 Å². The average Bonchev–Trinajstić information content (AvgIpc) is 2.60. The Balaban J connectivity index is 1.54. The quantitative estimate of drug-likeness (QED) is 0.636. The van der Waals surface area contributed by atoms with Crippen LogP contribution in [0.25, 0.3) is 0 Å². The fourth-order valence-corrected chi connectivity index (χ4v) is 5.23. The number of amides is 1. The van der Waals surface area contributed by atoms with Crippen molar-refractivity contribution >= 4 is 5.91 Å². The number of fused-ring (bicyclic) bond motifs is 1. The Morgan fingerprint density at radius 2 is 2.20 bits per heavy atom. The highest BCUT2D eigenvalue weighted by atomic mass is 19.1. The van der Waals surface area contributed by atoms with E-state index in [0.29, 0.717) is 23.6 Å². The third-order valence-electron chi connectivity index (χ3n) is 6.54. The molecule has 0 unspecified atom stereocenters. The van der Waals surface area contributed by atoms with Crippen LogP contribution in [-0.4, -0.2) is 53.6 Å². The minimum Gasteiger partial charge on any atom is -0.306 e. The number of halogens is 1. The van der Waals surface area contributed by atoms with Gasteiger partial charge in [0.05, 0.1) is 0 Å². The standard InChI is InChI=1S/C19H26FN3O2/c1-22-7-2-5-19(12-22)6-3-17(19)23-8-4-13-9-14(18(24)21-25)10-16(20)15(13)11-23/h9-10,17,25H,2-8,11-12H2,1H3,(H,21,24)/t17-,19-/m1/s1. The van der Waals surface area contributed by atoms with E-state index in [1.807, 2.05) is 0 Å². The van der Waals surface area contributed by atoms with E-state index in [2.05, 4.69) is 16.8 Å². The van der Waals surface area contributed by atoms with Crippen LogP contribution in [0.15, 0.2) is 12.1 Å². The Hall–Kier alpha value is -1.50. The normalized spacial score (nSPS) is 30.0.